The maximum absolute atomic E-state index is 13.4. The van der Waals surface area contributed by atoms with Crippen molar-refractivity contribution in [3.8, 4) is 0 Å². The van der Waals surface area contributed by atoms with Gasteiger partial charge in [0.2, 0.25) is 0 Å². The summed E-state index contributed by atoms with van der Waals surface area (Å²) in [7, 11) is 0. The number of hydrogen-bond acceptors (Lipinski definition) is 2. The molecular formula is C22H29FN3OS+. The van der Waals surface area contributed by atoms with E-state index >= 15 is 0 Å². The highest BCUT2D eigenvalue weighted by Gasteiger charge is 2.26. The van der Waals surface area contributed by atoms with Crippen molar-refractivity contribution in [3.05, 3.63) is 65.5 Å². The second kappa shape index (κ2) is 9.96. The molecule has 0 radical (unpaired) electrons. The van der Waals surface area contributed by atoms with E-state index in [9.17, 15) is 4.39 Å². The fraction of sp³-hybridized carbons (Fsp3) is 0.409. The van der Waals surface area contributed by atoms with Crippen molar-refractivity contribution < 1.29 is 14.0 Å². The Hall–Kier alpha value is -2.02. The first-order chi connectivity index (χ1) is 13.5. The highest BCUT2D eigenvalue weighted by molar-refractivity contribution is 7.80. The van der Waals surface area contributed by atoms with Gasteiger partial charge in [-0.05, 0) is 48.0 Å². The molecule has 0 saturated carbocycles. The molecule has 1 heterocycles. The van der Waals surface area contributed by atoms with Gasteiger partial charge in [-0.2, -0.15) is 0 Å². The third-order valence-corrected chi connectivity index (χ3v) is 5.45. The Morgan fingerprint density at radius 2 is 1.64 bits per heavy atom. The molecule has 1 saturated heterocycles. The fourth-order valence-corrected chi connectivity index (χ4v) is 3.70. The lowest BCUT2D eigenvalue weighted by Crippen LogP contribution is -3.15. The Bertz CT molecular complexity index is 758. The van der Waals surface area contributed by atoms with Gasteiger partial charge in [0.15, 0.2) is 5.11 Å². The smallest absolute Gasteiger partial charge is 0.171 e. The van der Waals surface area contributed by atoms with Gasteiger partial charge in [-0.3, -0.25) is 0 Å². The van der Waals surface area contributed by atoms with Gasteiger partial charge in [0, 0.05) is 11.3 Å². The molecule has 0 unspecified atom stereocenters. The number of anilines is 1. The van der Waals surface area contributed by atoms with Gasteiger partial charge >= 0.3 is 0 Å². The van der Waals surface area contributed by atoms with Crippen LogP contribution in [0.2, 0.25) is 0 Å². The molecular weight excluding hydrogens is 373 g/mol. The van der Waals surface area contributed by atoms with Gasteiger partial charge in [0.1, 0.15) is 24.9 Å². The van der Waals surface area contributed by atoms with Crippen molar-refractivity contribution in [1.82, 2.24) is 5.32 Å². The molecule has 2 aromatic rings. The number of morpholine rings is 1. The van der Waals surface area contributed by atoms with E-state index in [1.54, 1.807) is 0 Å². The third kappa shape index (κ3) is 5.74. The van der Waals surface area contributed by atoms with Gasteiger partial charge in [-0.15, -0.1) is 0 Å². The number of quaternary nitrogens is 1. The SMILES string of the molecule is CC(C)c1ccc(NC(=S)NC[C@@H](c2ccc(F)cc2)[NH+]2CCOCC2)cc1. The van der Waals surface area contributed by atoms with Crippen LogP contribution >= 0.6 is 12.2 Å². The van der Waals surface area contributed by atoms with Crippen molar-refractivity contribution in [3.63, 3.8) is 0 Å². The van der Waals surface area contributed by atoms with Gasteiger partial charge < -0.3 is 20.3 Å². The average molecular weight is 403 g/mol. The maximum atomic E-state index is 13.4. The predicted molar refractivity (Wildman–Crippen MR) is 115 cm³/mol. The summed E-state index contributed by atoms with van der Waals surface area (Å²) in [5, 5.41) is 7.19. The van der Waals surface area contributed by atoms with Gasteiger partial charge in [-0.25, -0.2) is 4.39 Å². The second-order valence-electron chi connectivity index (χ2n) is 7.49. The van der Waals surface area contributed by atoms with Gasteiger partial charge in [-0.1, -0.05) is 38.1 Å². The number of rotatable bonds is 6. The Morgan fingerprint density at radius 1 is 1.04 bits per heavy atom. The number of hydrogen-bond donors (Lipinski definition) is 3. The molecule has 3 rings (SSSR count). The van der Waals surface area contributed by atoms with Crippen LogP contribution in [0.5, 0.6) is 0 Å². The molecule has 0 aromatic heterocycles. The van der Waals surface area contributed by atoms with Crippen molar-refractivity contribution in [2.75, 3.05) is 38.2 Å². The molecule has 1 atom stereocenters. The molecule has 3 N–H and O–H groups in total. The van der Waals surface area contributed by atoms with Crippen molar-refractivity contribution in [2.24, 2.45) is 0 Å². The first-order valence-corrected chi connectivity index (χ1v) is 10.3. The third-order valence-electron chi connectivity index (χ3n) is 5.20. The topological polar surface area (TPSA) is 37.7 Å². The van der Waals surface area contributed by atoms with Crippen LogP contribution in [0.3, 0.4) is 0 Å². The number of ether oxygens (including phenoxy) is 1. The van der Waals surface area contributed by atoms with Crippen LogP contribution < -0.4 is 15.5 Å². The molecule has 0 spiro atoms. The van der Waals surface area contributed by atoms with Crippen molar-refractivity contribution >= 4 is 23.0 Å². The number of halogens is 1. The fourth-order valence-electron chi connectivity index (χ4n) is 3.50. The van der Waals surface area contributed by atoms with E-state index in [2.05, 4.69) is 36.6 Å². The molecule has 1 fully saturated rings. The monoisotopic (exact) mass is 402 g/mol. The van der Waals surface area contributed by atoms with E-state index < -0.39 is 0 Å². The molecule has 1 aliphatic heterocycles. The molecule has 1 aliphatic rings. The lowest BCUT2D eigenvalue weighted by Gasteiger charge is -2.32. The molecule has 28 heavy (non-hydrogen) atoms. The minimum atomic E-state index is -0.213. The Labute approximate surface area is 172 Å². The van der Waals surface area contributed by atoms with Crippen LogP contribution in [-0.4, -0.2) is 38.0 Å². The van der Waals surface area contributed by atoms with Crippen molar-refractivity contribution in [1.29, 1.82) is 0 Å². The standard InChI is InChI=1S/C22H28FN3OS/c1-16(2)17-5-9-20(10-6-17)25-22(28)24-15-21(26-11-13-27-14-12-26)18-3-7-19(23)8-4-18/h3-10,16,21H,11-15H2,1-2H3,(H2,24,25,28)/p+1/t21-/m0/s1. The van der Waals surface area contributed by atoms with Crippen LogP contribution in [-0.2, 0) is 4.74 Å². The van der Waals surface area contributed by atoms with Crippen LogP contribution in [0, 0.1) is 5.82 Å². The lowest BCUT2D eigenvalue weighted by atomic mass is 10.0. The largest absolute Gasteiger partial charge is 0.370 e. The Morgan fingerprint density at radius 3 is 2.25 bits per heavy atom. The van der Waals surface area contributed by atoms with E-state index in [4.69, 9.17) is 17.0 Å². The number of nitrogens with one attached hydrogen (secondary N) is 3. The minimum absolute atomic E-state index is 0.188. The van der Waals surface area contributed by atoms with Crippen LogP contribution in [0.1, 0.15) is 36.9 Å². The van der Waals surface area contributed by atoms with Crippen LogP contribution in [0.25, 0.3) is 0 Å². The number of thiocarbonyl (C=S) groups is 1. The highest BCUT2D eigenvalue weighted by Crippen LogP contribution is 2.17. The number of benzene rings is 2. The van der Waals surface area contributed by atoms with Crippen LogP contribution in [0.15, 0.2) is 48.5 Å². The first kappa shape index (κ1) is 20.7. The molecule has 0 aliphatic carbocycles. The van der Waals surface area contributed by atoms with E-state index in [1.807, 2.05) is 24.3 Å². The normalized spacial score (nSPS) is 16.0. The molecule has 0 amide bonds. The zero-order chi connectivity index (χ0) is 19.9. The van der Waals surface area contributed by atoms with Crippen LogP contribution in [0.4, 0.5) is 10.1 Å². The Kier molecular flexibility index (Phi) is 7.36. The zero-order valence-corrected chi connectivity index (χ0v) is 17.3. The summed E-state index contributed by atoms with van der Waals surface area (Å²) >= 11 is 5.49. The quantitative estimate of drug-likeness (QED) is 0.650. The molecule has 6 heteroatoms. The average Bonchev–Trinajstić information content (AvgIpc) is 2.70. The predicted octanol–water partition coefficient (Wildman–Crippen LogP) is 2.89. The van der Waals surface area contributed by atoms with E-state index in [-0.39, 0.29) is 11.9 Å². The minimum Gasteiger partial charge on any atom is -0.370 e. The zero-order valence-electron chi connectivity index (χ0n) is 16.5. The first-order valence-electron chi connectivity index (χ1n) is 9.85. The van der Waals surface area contributed by atoms with Crippen molar-refractivity contribution in [2.45, 2.75) is 25.8 Å². The van der Waals surface area contributed by atoms with E-state index in [1.165, 1.54) is 22.6 Å². The highest BCUT2D eigenvalue weighted by atomic mass is 32.1. The molecule has 4 nitrogen and oxygen atoms in total. The summed E-state index contributed by atoms with van der Waals surface area (Å²) in [6.45, 7) is 8.39. The maximum Gasteiger partial charge on any atom is 0.171 e. The summed E-state index contributed by atoms with van der Waals surface area (Å²) in [6, 6.07) is 15.3. The van der Waals surface area contributed by atoms with Gasteiger partial charge in [0.05, 0.1) is 19.8 Å². The molecule has 0 bridgehead atoms. The summed E-state index contributed by atoms with van der Waals surface area (Å²) in [6.07, 6.45) is 0. The summed E-state index contributed by atoms with van der Waals surface area (Å²) < 4.78 is 18.9. The summed E-state index contributed by atoms with van der Waals surface area (Å²) in [4.78, 5) is 1.43. The van der Waals surface area contributed by atoms with E-state index in [0.717, 1.165) is 37.6 Å². The van der Waals surface area contributed by atoms with Gasteiger partial charge in [0.25, 0.3) is 0 Å². The second-order valence-corrected chi connectivity index (χ2v) is 7.89. The molecule has 150 valence electrons. The summed E-state index contributed by atoms with van der Waals surface area (Å²) in [5.74, 6) is 0.293. The van der Waals surface area contributed by atoms with E-state index in [0.29, 0.717) is 17.6 Å². The Balaban J connectivity index is 1.62. The lowest BCUT2D eigenvalue weighted by molar-refractivity contribution is -0.937. The molecule has 2 aromatic carbocycles. The summed E-state index contributed by atoms with van der Waals surface area (Å²) in [5.41, 5.74) is 3.38.